The number of hydrogen-bond acceptors (Lipinski definition) is 2. The molecular weight excluding hydrogens is 362 g/mol. The number of nitrogens with one attached hydrogen (secondary N) is 1. The summed E-state index contributed by atoms with van der Waals surface area (Å²) in [7, 11) is 0. The van der Waals surface area contributed by atoms with Crippen LogP contribution in [-0.4, -0.2) is 12.5 Å². The maximum absolute atomic E-state index is 13.7. The van der Waals surface area contributed by atoms with Crippen LogP contribution in [0.1, 0.15) is 33.3 Å². The van der Waals surface area contributed by atoms with Crippen LogP contribution in [0.15, 0.2) is 36.4 Å². The van der Waals surface area contributed by atoms with Gasteiger partial charge in [-0.2, -0.15) is 8.78 Å². The normalized spacial score (nSPS) is 12.0. The molecule has 2 rings (SSSR count). The van der Waals surface area contributed by atoms with Crippen molar-refractivity contribution in [2.75, 3.05) is 6.61 Å². The summed E-state index contributed by atoms with van der Waals surface area (Å²) in [6.07, 6.45) is 0. The van der Waals surface area contributed by atoms with Gasteiger partial charge in [-0.1, -0.05) is 30.3 Å². The van der Waals surface area contributed by atoms with E-state index in [0.29, 0.717) is 0 Å². The fraction of sp³-hybridized carbons (Fsp3) is 0.350. The van der Waals surface area contributed by atoms with Crippen molar-refractivity contribution in [3.63, 3.8) is 0 Å². The fourth-order valence-electron chi connectivity index (χ4n) is 2.38. The quantitative estimate of drug-likeness (QED) is 0.580. The van der Waals surface area contributed by atoms with Crippen molar-refractivity contribution in [2.24, 2.45) is 5.41 Å². The van der Waals surface area contributed by atoms with Gasteiger partial charge in [0.05, 0.1) is 11.0 Å². The Morgan fingerprint density at radius 1 is 0.963 bits per heavy atom. The lowest BCUT2D eigenvalue weighted by Crippen LogP contribution is -2.49. The Kier molecular flexibility index (Phi) is 5.82. The average Bonchev–Trinajstić information content (AvgIpc) is 2.60. The molecule has 0 bridgehead atoms. The third kappa shape index (κ3) is 4.59. The van der Waals surface area contributed by atoms with Crippen LogP contribution in [0.3, 0.4) is 0 Å². The maximum Gasteiger partial charge on any atom is 0.229 e. The van der Waals surface area contributed by atoms with E-state index in [9.17, 15) is 22.4 Å². The van der Waals surface area contributed by atoms with Crippen LogP contribution < -0.4 is 10.1 Å². The smallest absolute Gasteiger partial charge is 0.229 e. The van der Waals surface area contributed by atoms with Crippen LogP contribution >= 0.6 is 0 Å². The summed E-state index contributed by atoms with van der Waals surface area (Å²) in [6.45, 7) is 6.11. The summed E-state index contributed by atoms with van der Waals surface area (Å²) >= 11 is 0. The van der Waals surface area contributed by atoms with Crippen LogP contribution in [-0.2, 0) is 10.3 Å². The zero-order valence-electron chi connectivity index (χ0n) is 15.5. The molecule has 0 unspecified atom stereocenters. The van der Waals surface area contributed by atoms with Gasteiger partial charge >= 0.3 is 0 Å². The van der Waals surface area contributed by atoms with E-state index < -0.39 is 52.5 Å². The highest BCUT2D eigenvalue weighted by molar-refractivity contribution is 5.82. The van der Waals surface area contributed by atoms with Crippen molar-refractivity contribution in [1.29, 1.82) is 0 Å². The van der Waals surface area contributed by atoms with Gasteiger partial charge in [0.25, 0.3) is 0 Å². The molecular formula is C20H21F4NO2. The highest BCUT2D eigenvalue weighted by Gasteiger charge is 2.34. The molecule has 1 amide bonds. The Hall–Kier alpha value is -2.57. The van der Waals surface area contributed by atoms with Crippen molar-refractivity contribution >= 4 is 5.91 Å². The molecule has 0 saturated heterocycles. The van der Waals surface area contributed by atoms with Crippen molar-refractivity contribution in [2.45, 2.75) is 33.2 Å². The Labute approximate surface area is 155 Å². The predicted molar refractivity (Wildman–Crippen MR) is 93.2 cm³/mol. The second-order valence-electron chi connectivity index (χ2n) is 7.42. The van der Waals surface area contributed by atoms with Crippen LogP contribution in [0.4, 0.5) is 17.6 Å². The van der Waals surface area contributed by atoms with Gasteiger partial charge in [0, 0.05) is 6.07 Å². The molecule has 0 fully saturated rings. The number of carbonyl (C=O) groups is 1. The first-order valence-corrected chi connectivity index (χ1v) is 8.29. The zero-order chi connectivity index (χ0) is 20.4. The van der Waals surface area contributed by atoms with E-state index in [4.69, 9.17) is 4.74 Å². The largest absolute Gasteiger partial charge is 0.486 e. The Morgan fingerprint density at radius 2 is 1.48 bits per heavy atom. The minimum absolute atomic E-state index is 0.0950. The van der Waals surface area contributed by atoms with Crippen molar-refractivity contribution in [1.82, 2.24) is 5.32 Å². The molecule has 0 aliphatic carbocycles. The molecule has 0 spiro atoms. The Morgan fingerprint density at radius 3 is 2.00 bits per heavy atom. The third-order valence-corrected chi connectivity index (χ3v) is 4.19. The summed E-state index contributed by atoms with van der Waals surface area (Å²) in [5.74, 6) is -8.07. The number of hydrogen-bond donors (Lipinski definition) is 1. The van der Waals surface area contributed by atoms with E-state index in [0.717, 1.165) is 5.56 Å². The Balaban J connectivity index is 2.14. The van der Waals surface area contributed by atoms with Crippen molar-refractivity contribution in [3.8, 4) is 5.75 Å². The first-order chi connectivity index (χ1) is 12.5. The second-order valence-corrected chi connectivity index (χ2v) is 7.42. The average molecular weight is 383 g/mol. The van der Waals surface area contributed by atoms with Crippen molar-refractivity contribution < 1.29 is 27.1 Å². The molecule has 2 aromatic rings. The minimum Gasteiger partial charge on any atom is -0.486 e. The van der Waals surface area contributed by atoms with Gasteiger partial charge in [-0.25, -0.2) is 8.78 Å². The number of carbonyl (C=O) groups excluding carboxylic acids is 1. The van der Waals surface area contributed by atoms with Gasteiger partial charge in [0.15, 0.2) is 17.4 Å². The van der Waals surface area contributed by atoms with E-state index in [1.165, 1.54) is 13.8 Å². The number of amides is 1. The molecule has 0 heterocycles. The van der Waals surface area contributed by atoms with E-state index in [1.807, 2.05) is 30.3 Å². The summed E-state index contributed by atoms with van der Waals surface area (Å²) in [5, 5.41) is 2.85. The highest BCUT2D eigenvalue weighted by Crippen LogP contribution is 2.29. The molecule has 0 aliphatic heterocycles. The van der Waals surface area contributed by atoms with Gasteiger partial charge in [0.1, 0.15) is 6.61 Å². The van der Waals surface area contributed by atoms with Gasteiger partial charge in [-0.15, -0.1) is 0 Å². The zero-order valence-corrected chi connectivity index (χ0v) is 15.5. The summed E-state index contributed by atoms with van der Waals surface area (Å²) in [6, 6.07) is 9.31. The maximum atomic E-state index is 13.7. The molecule has 3 nitrogen and oxygen atoms in total. The van der Waals surface area contributed by atoms with E-state index >= 15 is 0 Å². The monoisotopic (exact) mass is 383 g/mol. The topological polar surface area (TPSA) is 38.3 Å². The number of rotatable bonds is 6. The molecule has 0 radical (unpaired) electrons. The first kappa shape index (κ1) is 20.7. The minimum atomic E-state index is -1.64. The molecule has 27 heavy (non-hydrogen) atoms. The fourth-order valence-corrected chi connectivity index (χ4v) is 2.38. The van der Waals surface area contributed by atoms with Gasteiger partial charge in [-0.3, -0.25) is 4.79 Å². The standard InChI is InChI=1S/C20H21F4NO2/c1-19(2,11-27-17-15(23)13(21)10-14(22)16(17)24)18(26)25-20(3,4)12-8-6-5-7-9-12/h5-10H,11H2,1-4H3,(H,25,26). The summed E-state index contributed by atoms with van der Waals surface area (Å²) < 4.78 is 58.9. The Bertz CT molecular complexity index is 809. The lowest BCUT2D eigenvalue weighted by molar-refractivity contribution is -0.132. The van der Waals surface area contributed by atoms with Crippen LogP contribution in [0.5, 0.6) is 5.75 Å². The molecule has 1 N–H and O–H groups in total. The first-order valence-electron chi connectivity index (χ1n) is 8.29. The summed E-state index contributed by atoms with van der Waals surface area (Å²) in [5.41, 5.74) is -1.08. The van der Waals surface area contributed by atoms with E-state index in [2.05, 4.69) is 5.32 Å². The number of halogens is 4. The second kappa shape index (κ2) is 7.58. The van der Waals surface area contributed by atoms with Crippen LogP contribution in [0.25, 0.3) is 0 Å². The molecule has 0 atom stereocenters. The molecule has 7 heteroatoms. The third-order valence-electron chi connectivity index (χ3n) is 4.19. The molecule has 146 valence electrons. The number of benzene rings is 2. The highest BCUT2D eigenvalue weighted by atomic mass is 19.2. The molecule has 2 aromatic carbocycles. The van der Waals surface area contributed by atoms with E-state index in [1.54, 1.807) is 13.8 Å². The SMILES string of the molecule is CC(C)(COc1c(F)c(F)cc(F)c1F)C(=O)NC(C)(C)c1ccccc1. The van der Waals surface area contributed by atoms with Crippen molar-refractivity contribution in [3.05, 3.63) is 65.2 Å². The molecule has 0 aromatic heterocycles. The molecule has 0 aliphatic rings. The molecule has 0 saturated carbocycles. The van der Waals surface area contributed by atoms with Gasteiger partial charge < -0.3 is 10.1 Å². The van der Waals surface area contributed by atoms with Crippen LogP contribution in [0.2, 0.25) is 0 Å². The number of ether oxygens (including phenoxy) is 1. The predicted octanol–water partition coefficient (Wildman–Crippen LogP) is 4.70. The summed E-state index contributed by atoms with van der Waals surface area (Å²) in [4.78, 5) is 12.7. The van der Waals surface area contributed by atoms with Gasteiger partial charge in [-0.05, 0) is 33.3 Å². The van der Waals surface area contributed by atoms with Crippen LogP contribution in [0, 0.1) is 28.7 Å². The lowest BCUT2D eigenvalue weighted by atomic mass is 9.89. The van der Waals surface area contributed by atoms with Gasteiger partial charge in [0.2, 0.25) is 17.5 Å². The lowest BCUT2D eigenvalue weighted by Gasteiger charge is -2.32. The van der Waals surface area contributed by atoms with E-state index in [-0.39, 0.29) is 6.07 Å².